The number of piperazine rings is 1. The van der Waals surface area contributed by atoms with Crippen LogP contribution in [0.5, 0.6) is 0 Å². The van der Waals surface area contributed by atoms with Crippen LogP contribution < -0.4 is 17.0 Å². The van der Waals surface area contributed by atoms with E-state index in [0.29, 0.717) is 18.0 Å². The predicted molar refractivity (Wildman–Crippen MR) is 38.9 cm³/mol. The van der Waals surface area contributed by atoms with Gasteiger partial charge in [-0.1, -0.05) is 0 Å². The zero-order valence-electron chi connectivity index (χ0n) is 6.56. The summed E-state index contributed by atoms with van der Waals surface area (Å²) in [5.41, 5.74) is 0. The van der Waals surface area contributed by atoms with Gasteiger partial charge >= 0.3 is 6.30 Å². The lowest BCUT2D eigenvalue weighted by molar-refractivity contribution is -0.247. The van der Waals surface area contributed by atoms with E-state index in [4.69, 9.17) is 0 Å². The van der Waals surface area contributed by atoms with Gasteiger partial charge < -0.3 is 5.32 Å². The summed E-state index contributed by atoms with van der Waals surface area (Å²) in [7, 11) is 0. The van der Waals surface area contributed by atoms with Gasteiger partial charge in [0.15, 0.2) is 0 Å². The molecule has 1 aliphatic heterocycles. The predicted octanol–water partition coefficient (Wildman–Crippen LogP) is -0.770. The van der Waals surface area contributed by atoms with Crippen molar-refractivity contribution in [2.75, 3.05) is 26.2 Å². The number of alkyl halides is 3. The molecule has 0 aromatic rings. The summed E-state index contributed by atoms with van der Waals surface area (Å²) < 4.78 is 35.5. The van der Waals surface area contributed by atoms with Gasteiger partial charge in [0.1, 0.15) is 0 Å². The number of nitrogens with zero attached hydrogens (tertiary/aromatic N) is 1. The molecule has 0 spiro atoms. The number of hydrazine groups is 1. The third kappa shape index (κ3) is 3.86. The van der Waals surface area contributed by atoms with Crippen LogP contribution in [0.25, 0.3) is 0 Å². The zero-order chi connectivity index (χ0) is 9.61. The monoisotopic (exact) mass is 186 g/mol. The van der Waals surface area contributed by atoms with E-state index in [2.05, 4.69) is 17.0 Å². The fraction of sp³-hybridized carbons (Fsp3) is 1.00. The Labute approximate surface area is 68.7 Å². The Morgan fingerprint density at radius 1 is 1.08 bits per heavy atom. The van der Waals surface area contributed by atoms with Gasteiger partial charge in [-0.15, -0.1) is 0 Å². The Hall–Kier alpha value is -0.370. The average Bonchev–Trinajstić information content (AvgIpc) is 2.08. The highest BCUT2D eigenvalue weighted by Crippen LogP contribution is 2.20. The summed E-state index contributed by atoms with van der Waals surface area (Å²) in [5, 5.41) is 2.85. The van der Waals surface area contributed by atoms with Crippen LogP contribution >= 0.6 is 0 Å². The normalized spacial score (nSPS) is 19.8. The molecular weight excluding hydrogens is 173 g/mol. The maximum Gasteiger partial charge on any atom is 0.460 e. The van der Waals surface area contributed by atoms with Crippen LogP contribution in [0.1, 0.15) is 0 Å². The average molecular weight is 186 g/mol. The molecule has 0 aromatic carbocycles. The molecule has 1 saturated heterocycles. The Bertz CT molecular complexity index is 110. The van der Waals surface area contributed by atoms with E-state index in [-0.39, 0.29) is 13.1 Å². The Kier molecular flexibility index (Phi) is 5.14. The number of hydrogen-bond donors (Lipinski definition) is 3. The van der Waals surface area contributed by atoms with Crippen molar-refractivity contribution >= 4 is 0 Å². The Balaban J connectivity index is 0.000000561. The molecule has 0 aliphatic carbocycles. The van der Waals surface area contributed by atoms with Crippen LogP contribution in [0.2, 0.25) is 0 Å². The summed E-state index contributed by atoms with van der Waals surface area (Å²) in [4.78, 5) is 0.517. The lowest BCUT2D eigenvalue weighted by atomic mass is 10.4. The first-order valence-electron chi connectivity index (χ1n) is 3.46. The molecule has 0 unspecified atom stereocenters. The van der Waals surface area contributed by atoms with Crippen molar-refractivity contribution in [3.05, 3.63) is 0 Å². The first kappa shape index (κ1) is 11.6. The van der Waals surface area contributed by atoms with Crippen molar-refractivity contribution in [1.82, 2.24) is 10.2 Å². The van der Waals surface area contributed by atoms with E-state index in [1.807, 2.05) is 0 Å². The fourth-order valence-electron chi connectivity index (χ4n) is 0.918. The van der Waals surface area contributed by atoms with Crippen molar-refractivity contribution in [2.45, 2.75) is 6.30 Å². The minimum absolute atomic E-state index is 0.0729. The Morgan fingerprint density at radius 2 is 1.50 bits per heavy atom. The summed E-state index contributed by atoms with van der Waals surface area (Å²) in [6.45, 7) is 1.01. The molecule has 7 heteroatoms. The lowest BCUT2D eigenvalue weighted by Crippen LogP contribution is -2.50. The van der Waals surface area contributed by atoms with Crippen molar-refractivity contribution in [2.24, 2.45) is 11.7 Å². The molecule has 4 nitrogen and oxygen atoms in total. The van der Waals surface area contributed by atoms with Gasteiger partial charge in [0.05, 0.1) is 0 Å². The van der Waals surface area contributed by atoms with E-state index in [9.17, 15) is 13.2 Å². The van der Waals surface area contributed by atoms with Crippen molar-refractivity contribution in [3.63, 3.8) is 0 Å². The molecule has 1 fully saturated rings. The molecule has 1 rings (SSSR count). The maximum atomic E-state index is 11.8. The Morgan fingerprint density at radius 3 is 1.75 bits per heavy atom. The second-order valence-corrected chi connectivity index (χ2v) is 2.20. The molecule has 0 radical (unpaired) electrons. The molecule has 5 N–H and O–H groups in total. The summed E-state index contributed by atoms with van der Waals surface area (Å²) in [5.74, 6) is 8.00. The van der Waals surface area contributed by atoms with Crippen LogP contribution in [-0.2, 0) is 0 Å². The van der Waals surface area contributed by atoms with Crippen molar-refractivity contribution in [1.29, 1.82) is 0 Å². The molecule has 0 saturated carbocycles. The highest BCUT2D eigenvalue weighted by molar-refractivity contribution is 4.68. The van der Waals surface area contributed by atoms with Crippen molar-refractivity contribution in [3.8, 4) is 0 Å². The van der Waals surface area contributed by atoms with Crippen LogP contribution in [0.3, 0.4) is 0 Å². The van der Waals surface area contributed by atoms with E-state index in [0.717, 1.165) is 0 Å². The summed E-state index contributed by atoms with van der Waals surface area (Å²) >= 11 is 0. The van der Waals surface area contributed by atoms with E-state index < -0.39 is 6.30 Å². The molecule has 0 atom stereocenters. The largest absolute Gasteiger partial charge is 0.460 e. The smallest absolute Gasteiger partial charge is 0.314 e. The van der Waals surface area contributed by atoms with Gasteiger partial charge in [-0.05, 0) is 0 Å². The molecule has 0 bridgehead atoms. The third-order valence-corrected chi connectivity index (χ3v) is 1.48. The molecular formula is C5H13F3N4. The molecule has 0 aromatic heterocycles. The van der Waals surface area contributed by atoms with Gasteiger partial charge in [-0.3, -0.25) is 11.7 Å². The summed E-state index contributed by atoms with van der Waals surface area (Å²) in [6.07, 6.45) is -4.14. The number of hydrogen-bond acceptors (Lipinski definition) is 4. The van der Waals surface area contributed by atoms with Crippen molar-refractivity contribution < 1.29 is 13.2 Å². The molecule has 74 valence electrons. The molecule has 12 heavy (non-hydrogen) atoms. The SMILES string of the molecule is FC(F)(F)N1CCNCC1.NN. The minimum atomic E-state index is -4.14. The van der Waals surface area contributed by atoms with Crippen LogP contribution in [-0.4, -0.2) is 37.4 Å². The van der Waals surface area contributed by atoms with Gasteiger partial charge in [0.2, 0.25) is 0 Å². The lowest BCUT2D eigenvalue weighted by Gasteiger charge is -2.28. The first-order valence-corrected chi connectivity index (χ1v) is 3.46. The maximum absolute atomic E-state index is 11.8. The number of nitrogens with one attached hydrogen (secondary N) is 1. The van der Waals surface area contributed by atoms with E-state index >= 15 is 0 Å². The number of nitrogens with two attached hydrogens (primary N) is 2. The van der Waals surface area contributed by atoms with Crippen LogP contribution in [0, 0.1) is 0 Å². The second-order valence-electron chi connectivity index (χ2n) is 2.20. The van der Waals surface area contributed by atoms with Gasteiger partial charge in [-0.25, -0.2) is 4.90 Å². The second kappa shape index (κ2) is 5.31. The standard InChI is InChI=1S/C5H9F3N2.H4N2/c6-5(7,8)10-3-1-9-2-4-10;1-2/h9H,1-4H2;1-2H2. The molecule has 1 heterocycles. The molecule has 1 aliphatic rings. The highest BCUT2D eigenvalue weighted by Gasteiger charge is 2.37. The summed E-state index contributed by atoms with van der Waals surface area (Å²) in [6, 6.07) is 0. The van der Waals surface area contributed by atoms with E-state index in [1.165, 1.54) is 0 Å². The van der Waals surface area contributed by atoms with Crippen LogP contribution in [0.4, 0.5) is 13.2 Å². The minimum Gasteiger partial charge on any atom is -0.314 e. The number of rotatable bonds is 0. The van der Waals surface area contributed by atoms with Gasteiger partial charge in [-0.2, -0.15) is 13.2 Å². The third-order valence-electron chi connectivity index (χ3n) is 1.48. The topological polar surface area (TPSA) is 67.3 Å². The highest BCUT2D eigenvalue weighted by atomic mass is 19.4. The zero-order valence-corrected chi connectivity index (χ0v) is 6.56. The van der Waals surface area contributed by atoms with Gasteiger partial charge in [0, 0.05) is 26.2 Å². The van der Waals surface area contributed by atoms with E-state index in [1.54, 1.807) is 0 Å². The first-order chi connectivity index (χ1) is 5.61. The van der Waals surface area contributed by atoms with Crippen LogP contribution in [0.15, 0.2) is 0 Å². The quantitative estimate of drug-likeness (QED) is 0.264. The number of halogens is 3. The van der Waals surface area contributed by atoms with Gasteiger partial charge in [0.25, 0.3) is 0 Å². The fourth-order valence-corrected chi connectivity index (χ4v) is 0.918. The molecule has 0 amide bonds.